The number of hydrogen-bond donors (Lipinski definition) is 0. The molecule has 3 aromatic heterocycles. The van der Waals surface area contributed by atoms with E-state index in [0.29, 0.717) is 17.6 Å². The molecule has 4 aromatic rings. The van der Waals surface area contributed by atoms with Gasteiger partial charge >= 0.3 is 0 Å². The van der Waals surface area contributed by atoms with Crippen molar-refractivity contribution in [1.82, 2.24) is 20.0 Å². The summed E-state index contributed by atoms with van der Waals surface area (Å²) in [4.78, 5) is 12.7. The van der Waals surface area contributed by atoms with Crippen molar-refractivity contribution < 1.29 is 13.3 Å². The molecule has 5 rings (SSSR count). The molecule has 1 aliphatic heterocycles. The van der Waals surface area contributed by atoms with Gasteiger partial charge in [-0.25, -0.2) is 9.37 Å². The Kier molecular flexibility index (Phi) is 5.18. The zero-order valence-electron chi connectivity index (χ0n) is 16.5. The summed E-state index contributed by atoms with van der Waals surface area (Å²) in [7, 11) is 0. The van der Waals surface area contributed by atoms with Gasteiger partial charge in [0.2, 0.25) is 17.6 Å². The van der Waals surface area contributed by atoms with E-state index in [1.807, 2.05) is 24.4 Å². The third-order valence-electron chi connectivity index (χ3n) is 5.40. The van der Waals surface area contributed by atoms with Crippen LogP contribution in [0.1, 0.15) is 36.1 Å². The molecule has 0 amide bonds. The number of halogens is 1. The molecule has 0 bridgehead atoms. The Bertz CT molecular complexity index is 1120. The van der Waals surface area contributed by atoms with Crippen LogP contribution in [0.25, 0.3) is 22.2 Å². The number of aryl methyl sites for hydroxylation is 1. The van der Waals surface area contributed by atoms with Gasteiger partial charge in [0.15, 0.2) is 0 Å². The van der Waals surface area contributed by atoms with Crippen LogP contribution < -0.4 is 0 Å². The van der Waals surface area contributed by atoms with Crippen LogP contribution in [0, 0.1) is 12.7 Å². The van der Waals surface area contributed by atoms with Crippen molar-refractivity contribution in [2.75, 3.05) is 13.1 Å². The summed E-state index contributed by atoms with van der Waals surface area (Å²) >= 11 is 1.62. The first kappa shape index (κ1) is 19.1. The number of aromatic nitrogens is 3. The van der Waals surface area contributed by atoms with E-state index in [-0.39, 0.29) is 11.7 Å². The van der Waals surface area contributed by atoms with Crippen molar-refractivity contribution in [1.29, 1.82) is 0 Å². The summed E-state index contributed by atoms with van der Waals surface area (Å²) in [5.41, 5.74) is 1.72. The Balaban J connectivity index is 1.28. The number of hydrogen-bond acceptors (Lipinski definition) is 7. The average Bonchev–Trinajstić information content (AvgIpc) is 3.50. The molecule has 1 saturated heterocycles. The molecule has 0 N–H and O–H groups in total. The highest BCUT2D eigenvalue weighted by Gasteiger charge is 2.27. The van der Waals surface area contributed by atoms with E-state index in [1.165, 1.54) is 12.1 Å². The minimum absolute atomic E-state index is 0.171. The van der Waals surface area contributed by atoms with E-state index >= 15 is 0 Å². The molecule has 4 heterocycles. The first-order chi connectivity index (χ1) is 14.7. The van der Waals surface area contributed by atoms with Crippen molar-refractivity contribution in [2.45, 2.75) is 32.2 Å². The second-order valence-electron chi connectivity index (χ2n) is 7.54. The van der Waals surface area contributed by atoms with Gasteiger partial charge in [-0.15, -0.1) is 11.3 Å². The second-order valence-corrected chi connectivity index (χ2v) is 8.48. The van der Waals surface area contributed by atoms with E-state index in [9.17, 15) is 4.39 Å². The van der Waals surface area contributed by atoms with Crippen LogP contribution in [0.5, 0.6) is 0 Å². The minimum atomic E-state index is -0.282. The number of nitrogens with zero attached hydrogens (tertiary/aromatic N) is 4. The van der Waals surface area contributed by atoms with E-state index in [4.69, 9.17) is 13.9 Å². The molecule has 1 atom stereocenters. The van der Waals surface area contributed by atoms with Crippen LogP contribution in [-0.4, -0.2) is 33.1 Å². The van der Waals surface area contributed by atoms with E-state index < -0.39 is 0 Å². The first-order valence-corrected chi connectivity index (χ1v) is 10.9. The fourth-order valence-corrected chi connectivity index (χ4v) is 4.46. The third-order valence-corrected chi connectivity index (χ3v) is 6.25. The summed E-state index contributed by atoms with van der Waals surface area (Å²) in [6.45, 7) is 4.52. The lowest BCUT2D eigenvalue weighted by atomic mass is 9.98. The van der Waals surface area contributed by atoms with Crippen LogP contribution in [0.3, 0.4) is 0 Å². The molecule has 0 saturated carbocycles. The summed E-state index contributed by atoms with van der Waals surface area (Å²) in [6, 6.07) is 10.1. The van der Waals surface area contributed by atoms with Gasteiger partial charge in [-0.1, -0.05) is 11.2 Å². The smallest absolute Gasteiger partial charge is 0.236 e. The molecule has 0 aliphatic carbocycles. The van der Waals surface area contributed by atoms with Crippen molar-refractivity contribution in [3.8, 4) is 22.2 Å². The zero-order valence-corrected chi connectivity index (χ0v) is 17.4. The lowest BCUT2D eigenvalue weighted by Crippen LogP contribution is -2.34. The predicted molar refractivity (Wildman–Crippen MR) is 111 cm³/mol. The summed E-state index contributed by atoms with van der Waals surface area (Å²) in [5.74, 6) is 2.56. The quantitative estimate of drug-likeness (QED) is 0.434. The molecule has 0 radical (unpaired) electrons. The molecular weight excluding hydrogens is 403 g/mol. The maximum Gasteiger partial charge on any atom is 0.236 e. The van der Waals surface area contributed by atoms with Gasteiger partial charge in [-0.2, -0.15) is 4.98 Å². The normalized spacial score (nSPS) is 17.5. The van der Waals surface area contributed by atoms with Crippen molar-refractivity contribution in [3.63, 3.8) is 0 Å². The molecule has 8 heteroatoms. The lowest BCUT2D eigenvalue weighted by molar-refractivity contribution is 0.178. The average molecular weight is 425 g/mol. The monoisotopic (exact) mass is 424 g/mol. The molecule has 1 aliphatic rings. The number of rotatable bonds is 5. The SMILES string of the molecule is Cc1oc(-c2cccs2)nc1CN1CCCC(c2nc(-c3ccc(F)cc3)no2)C1. The Hall–Kier alpha value is -2.84. The van der Waals surface area contributed by atoms with E-state index in [2.05, 4.69) is 15.0 Å². The van der Waals surface area contributed by atoms with Crippen LogP contribution in [-0.2, 0) is 6.54 Å². The molecule has 30 heavy (non-hydrogen) atoms. The fraction of sp³-hybridized carbons (Fsp3) is 0.318. The maximum absolute atomic E-state index is 13.1. The molecule has 1 aromatic carbocycles. The van der Waals surface area contributed by atoms with Crippen LogP contribution in [0.2, 0.25) is 0 Å². The second kappa shape index (κ2) is 8.12. The van der Waals surface area contributed by atoms with Gasteiger partial charge < -0.3 is 8.94 Å². The Morgan fingerprint density at radius 2 is 2.07 bits per heavy atom. The van der Waals surface area contributed by atoms with Gasteiger partial charge in [-0.3, -0.25) is 4.90 Å². The first-order valence-electron chi connectivity index (χ1n) is 9.98. The Labute approximate surface area is 177 Å². The van der Waals surface area contributed by atoms with Crippen LogP contribution >= 0.6 is 11.3 Å². The fourth-order valence-electron chi connectivity index (χ4n) is 3.81. The lowest BCUT2D eigenvalue weighted by Gasteiger charge is -2.30. The van der Waals surface area contributed by atoms with Crippen molar-refractivity contribution in [3.05, 3.63) is 64.9 Å². The molecular formula is C22H21FN4O2S. The third kappa shape index (κ3) is 3.93. The van der Waals surface area contributed by atoms with Gasteiger partial charge in [0, 0.05) is 18.7 Å². The van der Waals surface area contributed by atoms with Gasteiger partial charge in [-0.05, 0) is 62.0 Å². The topological polar surface area (TPSA) is 68.2 Å². The summed E-state index contributed by atoms with van der Waals surface area (Å²) in [5, 5.41) is 6.12. The highest BCUT2D eigenvalue weighted by molar-refractivity contribution is 7.13. The minimum Gasteiger partial charge on any atom is -0.440 e. The molecule has 1 unspecified atom stereocenters. The highest BCUT2D eigenvalue weighted by Crippen LogP contribution is 2.30. The Morgan fingerprint density at radius 1 is 1.20 bits per heavy atom. The number of piperidine rings is 1. The number of benzene rings is 1. The van der Waals surface area contributed by atoms with Crippen LogP contribution in [0.15, 0.2) is 50.7 Å². The van der Waals surface area contributed by atoms with Gasteiger partial charge in [0.25, 0.3) is 0 Å². The predicted octanol–water partition coefficient (Wildman–Crippen LogP) is 5.28. The highest BCUT2D eigenvalue weighted by atomic mass is 32.1. The standard InChI is InChI=1S/C22H21FN4O2S/c1-14-18(24-22(28-14)19-5-3-11-30-19)13-27-10-2-4-16(12-27)21-25-20(26-29-21)15-6-8-17(23)9-7-15/h3,5-9,11,16H,2,4,10,12-13H2,1H3. The van der Waals surface area contributed by atoms with Crippen molar-refractivity contribution in [2.24, 2.45) is 0 Å². The van der Waals surface area contributed by atoms with Gasteiger partial charge in [0.05, 0.1) is 16.5 Å². The van der Waals surface area contributed by atoms with Crippen molar-refractivity contribution >= 4 is 11.3 Å². The molecule has 0 spiro atoms. The van der Waals surface area contributed by atoms with Crippen LogP contribution in [0.4, 0.5) is 4.39 Å². The summed E-state index contributed by atoms with van der Waals surface area (Å²) < 4.78 is 24.6. The number of oxazole rings is 1. The number of likely N-dealkylation sites (tertiary alicyclic amines) is 1. The molecule has 6 nitrogen and oxygen atoms in total. The van der Waals surface area contributed by atoms with Gasteiger partial charge in [0.1, 0.15) is 11.6 Å². The Morgan fingerprint density at radius 3 is 2.87 bits per heavy atom. The zero-order chi connectivity index (χ0) is 20.5. The largest absolute Gasteiger partial charge is 0.440 e. The number of thiophene rings is 1. The maximum atomic E-state index is 13.1. The summed E-state index contributed by atoms with van der Waals surface area (Å²) in [6.07, 6.45) is 2.05. The molecule has 154 valence electrons. The molecule has 1 fully saturated rings. The van der Waals surface area contributed by atoms with E-state index in [0.717, 1.165) is 54.4 Å². The van der Waals surface area contributed by atoms with E-state index in [1.54, 1.807) is 23.5 Å².